The standard InChI is InChI=1S/C26H26N8O3/c35-34(36)21-13-11-18(12-14-21)23-16-15-22(37-23)17-27-33-26-31-24(28-19-7-3-1-4-8-19)30-25(32-26)29-20-9-5-2-6-10-20/h1,3-4,7-8,11-17,20H,2,5-6,9-10H2,(H3,28,29,30,31,32,33)/b27-17+. The Bertz CT molecular complexity index is 1370. The predicted molar refractivity (Wildman–Crippen MR) is 142 cm³/mol. The second-order valence-electron chi connectivity index (χ2n) is 8.65. The van der Waals surface area contributed by atoms with Crippen LogP contribution in [-0.2, 0) is 0 Å². The molecule has 2 aromatic carbocycles. The molecule has 11 heteroatoms. The molecule has 188 valence electrons. The van der Waals surface area contributed by atoms with Gasteiger partial charge in [-0.1, -0.05) is 37.5 Å². The molecule has 11 nitrogen and oxygen atoms in total. The second kappa shape index (κ2) is 11.3. The first-order valence-electron chi connectivity index (χ1n) is 12.1. The van der Waals surface area contributed by atoms with Gasteiger partial charge in [-0.05, 0) is 49.2 Å². The Morgan fingerprint density at radius 1 is 0.892 bits per heavy atom. The zero-order valence-electron chi connectivity index (χ0n) is 20.0. The number of nitro benzene ring substituents is 1. The van der Waals surface area contributed by atoms with Gasteiger partial charge >= 0.3 is 0 Å². The van der Waals surface area contributed by atoms with Gasteiger partial charge in [0, 0.05) is 29.4 Å². The lowest BCUT2D eigenvalue weighted by atomic mass is 9.96. The lowest BCUT2D eigenvalue weighted by Gasteiger charge is -2.22. The summed E-state index contributed by atoms with van der Waals surface area (Å²) >= 11 is 0. The molecule has 0 amide bonds. The highest BCUT2D eigenvalue weighted by atomic mass is 16.6. The third-order valence-corrected chi connectivity index (χ3v) is 5.95. The zero-order valence-corrected chi connectivity index (χ0v) is 20.0. The Labute approximate surface area is 213 Å². The molecule has 1 aliphatic carbocycles. The molecule has 4 aromatic rings. The van der Waals surface area contributed by atoms with Gasteiger partial charge in [0.2, 0.25) is 17.8 Å². The van der Waals surface area contributed by atoms with E-state index in [0.717, 1.165) is 24.1 Å². The average molecular weight is 499 g/mol. The van der Waals surface area contributed by atoms with Crippen molar-refractivity contribution < 1.29 is 9.34 Å². The highest BCUT2D eigenvalue weighted by Crippen LogP contribution is 2.24. The third kappa shape index (κ3) is 6.45. The van der Waals surface area contributed by atoms with Gasteiger partial charge in [-0.15, -0.1) is 0 Å². The fourth-order valence-electron chi connectivity index (χ4n) is 4.10. The van der Waals surface area contributed by atoms with Crippen LogP contribution < -0.4 is 16.1 Å². The molecule has 0 spiro atoms. The van der Waals surface area contributed by atoms with E-state index >= 15 is 0 Å². The Hall–Kier alpha value is -4.80. The number of para-hydroxylation sites is 1. The number of non-ortho nitro benzene ring substituents is 1. The molecule has 0 aliphatic heterocycles. The molecule has 1 aliphatic rings. The summed E-state index contributed by atoms with van der Waals surface area (Å²) in [7, 11) is 0. The van der Waals surface area contributed by atoms with E-state index in [9.17, 15) is 10.1 Å². The molecule has 0 radical (unpaired) electrons. The van der Waals surface area contributed by atoms with Crippen LogP contribution >= 0.6 is 0 Å². The number of anilines is 4. The van der Waals surface area contributed by atoms with Gasteiger partial charge in [0.25, 0.3) is 5.69 Å². The van der Waals surface area contributed by atoms with Crippen LogP contribution in [0.1, 0.15) is 37.9 Å². The summed E-state index contributed by atoms with van der Waals surface area (Å²) in [6, 6.07) is 19.7. The lowest BCUT2D eigenvalue weighted by molar-refractivity contribution is -0.384. The predicted octanol–water partition coefficient (Wildman–Crippen LogP) is 5.97. The summed E-state index contributed by atoms with van der Waals surface area (Å²) in [5.41, 5.74) is 4.47. The van der Waals surface area contributed by atoms with Crippen LogP contribution in [0.2, 0.25) is 0 Å². The van der Waals surface area contributed by atoms with E-state index in [4.69, 9.17) is 4.42 Å². The molecule has 1 fully saturated rings. The molecule has 2 heterocycles. The minimum Gasteiger partial charge on any atom is -0.455 e. The molecule has 0 atom stereocenters. The van der Waals surface area contributed by atoms with Gasteiger partial charge in [0.1, 0.15) is 11.5 Å². The molecule has 0 saturated heterocycles. The average Bonchev–Trinajstić information content (AvgIpc) is 3.39. The minimum atomic E-state index is -0.437. The monoisotopic (exact) mass is 498 g/mol. The molecular weight excluding hydrogens is 472 g/mol. The maximum Gasteiger partial charge on any atom is 0.269 e. The fourth-order valence-corrected chi connectivity index (χ4v) is 4.10. The Morgan fingerprint density at radius 2 is 1.62 bits per heavy atom. The van der Waals surface area contributed by atoms with E-state index in [-0.39, 0.29) is 11.6 Å². The SMILES string of the molecule is O=[N+]([O-])c1ccc(-c2ccc(/C=N/Nc3nc(Nc4ccccc4)nc(NC4CCCCC4)n3)o2)cc1. The molecular formula is C26H26N8O3. The van der Waals surface area contributed by atoms with E-state index in [0.29, 0.717) is 29.5 Å². The number of nitrogens with zero attached hydrogens (tertiary/aromatic N) is 5. The maximum absolute atomic E-state index is 10.9. The maximum atomic E-state index is 10.9. The number of hydrogen-bond donors (Lipinski definition) is 3. The number of nitrogens with one attached hydrogen (secondary N) is 3. The first-order chi connectivity index (χ1) is 18.1. The lowest BCUT2D eigenvalue weighted by Crippen LogP contribution is -2.24. The van der Waals surface area contributed by atoms with Crippen molar-refractivity contribution in [3.8, 4) is 11.3 Å². The largest absolute Gasteiger partial charge is 0.455 e. The molecule has 3 N–H and O–H groups in total. The molecule has 5 rings (SSSR count). The zero-order chi connectivity index (χ0) is 25.5. The minimum absolute atomic E-state index is 0.0251. The van der Waals surface area contributed by atoms with E-state index < -0.39 is 4.92 Å². The van der Waals surface area contributed by atoms with Crippen molar-refractivity contribution in [2.24, 2.45) is 5.10 Å². The summed E-state index contributed by atoms with van der Waals surface area (Å²) in [5.74, 6) is 2.24. The highest BCUT2D eigenvalue weighted by molar-refractivity contribution is 5.78. The molecule has 0 bridgehead atoms. The number of hydrazone groups is 1. The van der Waals surface area contributed by atoms with E-state index in [1.165, 1.54) is 37.6 Å². The highest BCUT2D eigenvalue weighted by Gasteiger charge is 2.16. The number of furan rings is 1. The first kappa shape index (κ1) is 23.9. The number of benzene rings is 2. The summed E-state index contributed by atoms with van der Waals surface area (Å²) in [5, 5.41) is 21.7. The molecule has 2 aromatic heterocycles. The van der Waals surface area contributed by atoms with Gasteiger partial charge in [-0.25, -0.2) is 5.43 Å². The van der Waals surface area contributed by atoms with Crippen molar-refractivity contribution in [3.63, 3.8) is 0 Å². The van der Waals surface area contributed by atoms with Crippen molar-refractivity contribution in [3.05, 3.63) is 82.6 Å². The van der Waals surface area contributed by atoms with E-state index in [1.807, 2.05) is 30.3 Å². The number of rotatable bonds is 9. The Morgan fingerprint density at radius 3 is 2.38 bits per heavy atom. The summed E-state index contributed by atoms with van der Waals surface area (Å²) < 4.78 is 5.80. The molecule has 37 heavy (non-hydrogen) atoms. The topological polar surface area (TPSA) is 143 Å². The van der Waals surface area contributed by atoms with Crippen molar-refractivity contribution in [1.29, 1.82) is 0 Å². The van der Waals surface area contributed by atoms with Crippen LogP contribution in [0.3, 0.4) is 0 Å². The van der Waals surface area contributed by atoms with Crippen molar-refractivity contribution >= 4 is 35.4 Å². The molecule has 1 saturated carbocycles. The van der Waals surface area contributed by atoms with E-state index in [2.05, 4.69) is 36.1 Å². The fraction of sp³-hybridized carbons (Fsp3) is 0.231. The van der Waals surface area contributed by atoms with Crippen LogP contribution in [0, 0.1) is 10.1 Å². The molecule has 0 unspecified atom stereocenters. The number of aromatic nitrogens is 3. The quantitative estimate of drug-likeness (QED) is 0.144. The van der Waals surface area contributed by atoms with Gasteiger partial charge < -0.3 is 15.1 Å². The summed E-state index contributed by atoms with van der Waals surface area (Å²) in [6.45, 7) is 0. The number of hydrogen-bond acceptors (Lipinski definition) is 10. The van der Waals surface area contributed by atoms with Crippen molar-refractivity contribution in [2.75, 3.05) is 16.1 Å². The van der Waals surface area contributed by atoms with Crippen LogP contribution in [0.5, 0.6) is 0 Å². The normalized spacial score (nSPS) is 13.9. The second-order valence-corrected chi connectivity index (χ2v) is 8.65. The van der Waals surface area contributed by atoms with Crippen LogP contribution in [0.4, 0.5) is 29.2 Å². The number of nitro groups is 1. The summed E-state index contributed by atoms with van der Waals surface area (Å²) in [6.07, 6.45) is 7.33. The van der Waals surface area contributed by atoms with Crippen LogP contribution in [0.25, 0.3) is 11.3 Å². The van der Waals surface area contributed by atoms with Crippen molar-refractivity contribution in [2.45, 2.75) is 38.1 Å². The third-order valence-electron chi connectivity index (χ3n) is 5.95. The summed E-state index contributed by atoms with van der Waals surface area (Å²) in [4.78, 5) is 23.9. The van der Waals surface area contributed by atoms with E-state index in [1.54, 1.807) is 24.3 Å². The van der Waals surface area contributed by atoms with Gasteiger partial charge in [0.05, 0.1) is 11.1 Å². The van der Waals surface area contributed by atoms with Crippen LogP contribution in [-0.4, -0.2) is 32.1 Å². The van der Waals surface area contributed by atoms with Gasteiger partial charge in [-0.3, -0.25) is 10.1 Å². The smallest absolute Gasteiger partial charge is 0.269 e. The Kier molecular flexibility index (Phi) is 7.30. The van der Waals surface area contributed by atoms with Gasteiger partial charge in [0.15, 0.2) is 0 Å². The first-order valence-corrected chi connectivity index (χ1v) is 12.1. The van der Waals surface area contributed by atoms with Crippen LogP contribution in [0.15, 0.2) is 76.2 Å². The Balaban J connectivity index is 1.29. The van der Waals surface area contributed by atoms with Crippen molar-refractivity contribution in [1.82, 2.24) is 15.0 Å². The van der Waals surface area contributed by atoms with Gasteiger partial charge in [-0.2, -0.15) is 20.1 Å².